The number of hydrogen-bond donors (Lipinski definition) is 1. The molecule has 0 radical (unpaired) electrons. The van der Waals surface area contributed by atoms with Crippen LogP contribution < -0.4 is 10.1 Å². The minimum atomic E-state index is -3.42. The molecule has 0 aromatic heterocycles. The predicted molar refractivity (Wildman–Crippen MR) is 92.8 cm³/mol. The number of rotatable bonds is 4. The van der Waals surface area contributed by atoms with Gasteiger partial charge in [-0.05, 0) is 57.4 Å². The Morgan fingerprint density at radius 1 is 1.13 bits per heavy atom. The summed E-state index contributed by atoms with van der Waals surface area (Å²) in [6, 6.07) is 7.52. The highest BCUT2D eigenvalue weighted by Crippen LogP contribution is 2.26. The Labute approximate surface area is 144 Å². The van der Waals surface area contributed by atoms with Crippen LogP contribution in [0.2, 0.25) is 0 Å². The third-order valence-electron chi connectivity index (χ3n) is 4.32. The lowest BCUT2D eigenvalue weighted by atomic mass is 10.1. The van der Waals surface area contributed by atoms with E-state index < -0.39 is 10.0 Å². The summed E-state index contributed by atoms with van der Waals surface area (Å²) >= 11 is 0. The Morgan fingerprint density at radius 2 is 1.78 bits per heavy atom. The van der Waals surface area contributed by atoms with Crippen LogP contribution in [0.4, 0.5) is 0 Å². The lowest BCUT2D eigenvalue weighted by Crippen LogP contribution is -2.39. The second kappa shape index (κ2) is 7.38. The van der Waals surface area contributed by atoms with Crippen molar-refractivity contribution in [1.29, 1.82) is 0 Å². The second-order valence-electron chi connectivity index (χ2n) is 6.43. The molecule has 2 unspecified atom stereocenters. The topological polar surface area (TPSA) is 58.6 Å². The first-order chi connectivity index (χ1) is 10.4. The molecule has 0 saturated carbocycles. The highest BCUT2D eigenvalue weighted by molar-refractivity contribution is 7.89. The van der Waals surface area contributed by atoms with E-state index in [1.54, 1.807) is 28.6 Å². The molecular formula is C16H25ClN2O3S. The fourth-order valence-corrected chi connectivity index (χ4v) is 4.74. The maximum atomic E-state index is 12.8. The van der Waals surface area contributed by atoms with Crippen LogP contribution in [0.15, 0.2) is 29.2 Å². The first-order valence-corrected chi connectivity index (χ1v) is 9.42. The molecule has 3 rings (SSSR count). The van der Waals surface area contributed by atoms with Crippen LogP contribution in [0.25, 0.3) is 0 Å². The number of halogens is 1. The van der Waals surface area contributed by atoms with Crippen molar-refractivity contribution in [3.63, 3.8) is 0 Å². The van der Waals surface area contributed by atoms with Crippen LogP contribution in [0.3, 0.4) is 0 Å². The van der Waals surface area contributed by atoms with Gasteiger partial charge in [0.15, 0.2) is 0 Å². The zero-order valence-electron chi connectivity index (χ0n) is 13.6. The van der Waals surface area contributed by atoms with E-state index in [1.807, 2.05) is 13.8 Å². The summed E-state index contributed by atoms with van der Waals surface area (Å²) in [5.74, 6) is 0.700. The molecule has 23 heavy (non-hydrogen) atoms. The Balaban J connectivity index is 0.00000192. The first kappa shape index (κ1) is 18.5. The minimum absolute atomic E-state index is 0. The van der Waals surface area contributed by atoms with Gasteiger partial charge in [0.2, 0.25) is 10.0 Å². The Morgan fingerprint density at radius 3 is 2.43 bits per heavy atom. The van der Waals surface area contributed by atoms with Gasteiger partial charge in [0.25, 0.3) is 0 Å². The maximum Gasteiger partial charge on any atom is 0.243 e. The van der Waals surface area contributed by atoms with E-state index in [0.717, 1.165) is 12.8 Å². The van der Waals surface area contributed by atoms with E-state index in [2.05, 4.69) is 5.32 Å². The number of benzene rings is 1. The zero-order chi connectivity index (χ0) is 15.7. The van der Waals surface area contributed by atoms with Gasteiger partial charge in [0.1, 0.15) is 5.75 Å². The molecule has 130 valence electrons. The molecule has 1 aromatic carbocycles. The number of nitrogens with one attached hydrogen (secondary N) is 1. The van der Waals surface area contributed by atoms with Crippen LogP contribution in [0.5, 0.6) is 5.75 Å². The molecule has 0 spiro atoms. The average molecular weight is 361 g/mol. The van der Waals surface area contributed by atoms with Crippen molar-refractivity contribution < 1.29 is 13.2 Å². The summed E-state index contributed by atoms with van der Waals surface area (Å²) in [6.45, 7) is 5.07. The van der Waals surface area contributed by atoms with Gasteiger partial charge in [0, 0.05) is 25.2 Å². The molecule has 2 aliphatic heterocycles. The molecule has 2 atom stereocenters. The van der Waals surface area contributed by atoms with E-state index in [4.69, 9.17) is 4.74 Å². The molecule has 0 amide bonds. The van der Waals surface area contributed by atoms with Gasteiger partial charge >= 0.3 is 0 Å². The zero-order valence-corrected chi connectivity index (χ0v) is 15.2. The lowest BCUT2D eigenvalue weighted by molar-refractivity contribution is 0.242. The highest BCUT2D eigenvalue weighted by atomic mass is 35.5. The van der Waals surface area contributed by atoms with E-state index >= 15 is 0 Å². The molecule has 1 aromatic rings. The molecular weight excluding hydrogens is 336 g/mol. The summed E-state index contributed by atoms with van der Waals surface area (Å²) in [5.41, 5.74) is 0. The molecule has 7 heteroatoms. The molecule has 1 N–H and O–H groups in total. The van der Waals surface area contributed by atoms with E-state index in [0.29, 0.717) is 35.8 Å². The lowest BCUT2D eigenvalue weighted by Gasteiger charge is -2.23. The van der Waals surface area contributed by atoms with E-state index in [-0.39, 0.29) is 18.5 Å². The number of nitrogens with zero attached hydrogens (tertiary/aromatic N) is 1. The van der Waals surface area contributed by atoms with Crippen molar-refractivity contribution in [3.05, 3.63) is 24.3 Å². The Bertz CT molecular complexity index is 619. The second-order valence-corrected chi connectivity index (χ2v) is 8.37. The molecule has 0 aliphatic carbocycles. The first-order valence-electron chi connectivity index (χ1n) is 7.98. The standard InChI is InChI=1S/C16H24N2O3S.ClH/c1-12(2)21-15-5-7-16(8-6-15)22(19,20)18-10-9-13-3-4-14(11-18)17-13;/h5-8,12-14,17H,3-4,9-11H2,1-2H3;1H. The fourth-order valence-electron chi connectivity index (χ4n) is 3.24. The van der Waals surface area contributed by atoms with Crippen LogP contribution in [-0.2, 0) is 10.0 Å². The van der Waals surface area contributed by atoms with Gasteiger partial charge in [-0.1, -0.05) is 0 Å². The van der Waals surface area contributed by atoms with Crippen LogP contribution in [-0.4, -0.2) is 44.0 Å². The third-order valence-corrected chi connectivity index (χ3v) is 6.20. The number of sulfonamides is 1. The van der Waals surface area contributed by atoms with E-state index in [1.165, 1.54) is 6.42 Å². The number of fused-ring (bicyclic) bond motifs is 2. The average Bonchev–Trinajstić information content (AvgIpc) is 2.77. The van der Waals surface area contributed by atoms with Gasteiger partial charge in [-0.2, -0.15) is 4.31 Å². The number of hydrogen-bond acceptors (Lipinski definition) is 4. The van der Waals surface area contributed by atoms with Gasteiger partial charge < -0.3 is 10.1 Å². The van der Waals surface area contributed by atoms with Crippen molar-refractivity contribution in [1.82, 2.24) is 9.62 Å². The third kappa shape index (κ3) is 4.18. The Kier molecular flexibility index (Phi) is 5.94. The highest BCUT2D eigenvalue weighted by Gasteiger charge is 2.34. The predicted octanol–water partition coefficient (Wildman–Crippen LogP) is 2.41. The monoisotopic (exact) mass is 360 g/mol. The molecule has 2 aliphatic rings. The summed E-state index contributed by atoms with van der Waals surface area (Å²) in [5, 5.41) is 3.51. The molecule has 2 bridgehead atoms. The van der Waals surface area contributed by atoms with Crippen molar-refractivity contribution in [2.24, 2.45) is 0 Å². The van der Waals surface area contributed by atoms with Crippen LogP contribution >= 0.6 is 12.4 Å². The van der Waals surface area contributed by atoms with Crippen molar-refractivity contribution in [3.8, 4) is 5.75 Å². The van der Waals surface area contributed by atoms with E-state index in [9.17, 15) is 8.42 Å². The van der Waals surface area contributed by atoms with Crippen molar-refractivity contribution in [2.75, 3.05) is 13.1 Å². The smallest absolute Gasteiger partial charge is 0.243 e. The molecule has 2 heterocycles. The summed E-state index contributed by atoms with van der Waals surface area (Å²) in [4.78, 5) is 0.348. The molecule has 2 saturated heterocycles. The largest absolute Gasteiger partial charge is 0.491 e. The van der Waals surface area contributed by atoms with Gasteiger partial charge in [-0.25, -0.2) is 8.42 Å². The maximum absolute atomic E-state index is 12.8. The quantitative estimate of drug-likeness (QED) is 0.895. The van der Waals surface area contributed by atoms with Gasteiger partial charge in [-0.3, -0.25) is 0 Å². The normalized spacial score (nSPS) is 25.0. The summed E-state index contributed by atoms with van der Waals surface area (Å²) in [7, 11) is -3.42. The Hall–Kier alpha value is -0.820. The minimum Gasteiger partial charge on any atom is -0.491 e. The van der Waals surface area contributed by atoms with Crippen molar-refractivity contribution >= 4 is 22.4 Å². The SMILES string of the molecule is CC(C)Oc1ccc(S(=O)(=O)N2CCC3CCC(C2)N3)cc1.Cl. The van der Waals surface area contributed by atoms with Gasteiger partial charge in [-0.15, -0.1) is 12.4 Å². The van der Waals surface area contributed by atoms with Crippen LogP contribution in [0, 0.1) is 0 Å². The van der Waals surface area contributed by atoms with Crippen LogP contribution in [0.1, 0.15) is 33.1 Å². The fraction of sp³-hybridized carbons (Fsp3) is 0.625. The summed E-state index contributed by atoms with van der Waals surface area (Å²) < 4.78 is 32.8. The summed E-state index contributed by atoms with van der Waals surface area (Å²) in [6.07, 6.45) is 3.21. The van der Waals surface area contributed by atoms with Crippen molar-refractivity contribution in [2.45, 2.75) is 56.2 Å². The number of ether oxygens (including phenoxy) is 1. The molecule has 5 nitrogen and oxygen atoms in total. The van der Waals surface area contributed by atoms with Gasteiger partial charge in [0.05, 0.1) is 11.0 Å². The molecule has 2 fully saturated rings.